The fraction of sp³-hybridized carbons (Fsp3) is 0.421. The number of hydrogen-bond donors (Lipinski definition) is 1. The molecular formula is C19H25N3O4S2. The van der Waals surface area contributed by atoms with Crippen molar-refractivity contribution in [1.82, 2.24) is 9.21 Å². The Morgan fingerprint density at radius 3 is 2.57 bits per heavy atom. The maximum Gasteiger partial charge on any atom is 0.252 e. The highest BCUT2D eigenvalue weighted by atomic mass is 32.2. The number of carbonyl (C=O) groups is 1. The van der Waals surface area contributed by atoms with E-state index >= 15 is 0 Å². The van der Waals surface area contributed by atoms with Crippen LogP contribution in [0.15, 0.2) is 46.0 Å². The van der Waals surface area contributed by atoms with Gasteiger partial charge in [0.2, 0.25) is 5.91 Å². The first kappa shape index (κ1) is 20.8. The van der Waals surface area contributed by atoms with E-state index in [0.29, 0.717) is 48.4 Å². The second-order valence-electron chi connectivity index (χ2n) is 6.51. The number of hydrogen-bond acceptors (Lipinski definition) is 6. The third-order valence-electron chi connectivity index (χ3n) is 4.41. The van der Waals surface area contributed by atoms with Gasteiger partial charge in [-0.1, -0.05) is 25.1 Å². The number of rotatable bonds is 8. The number of thiophene rings is 1. The zero-order valence-electron chi connectivity index (χ0n) is 15.8. The first-order valence-electron chi connectivity index (χ1n) is 9.28. The summed E-state index contributed by atoms with van der Waals surface area (Å²) in [6.45, 7) is 4.63. The number of carbonyl (C=O) groups excluding carboxylic acids is 1. The Hall–Kier alpha value is -1.94. The molecule has 0 spiro atoms. The van der Waals surface area contributed by atoms with Crippen LogP contribution in [0.5, 0.6) is 5.75 Å². The summed E-state index contributed by atoms with van der Waals surface area (Å²) in [6.07, 6.45) is 0.890. The van der Waals surface area contributed by atoms with Gasteiger partial charge >= 0.3 is 0 Å². The predicted molar refractivity (Wildman–Crippen MR) is 110 cm³/mol. The molecule has 0 bridgehead atoms. The molecule has 0 atom stereocenters. The molecule has 0 saturated carbocycles. The van der Waals surface area contributed by atoms with Crippen molar-refractivity contribution in [2.24, 2.45) is 0 Å². The molecule has 1 aliphatic rings. The fourth-order valence-electron chi connectivity index (χ4n) is 2.97. The average molecular weight is 424 g/mol. The lowest BCUT2D eigenvalue weighted by Gasteiger charge is -2.33. The number of piperazine rings is 1. The second-order valence-corrected chi connectivity index (χ2v) is 9.62. The molecule has 1 amide bonds. The van der Waals surface area contributed by atoms with Crippen molar-refractivity contribution in [2.75, 3.05) is 44.6 Å². The van der Waals surface area contributed by atoms with Crippen LogP contribution in [0.3, 0.4) is 0 Å². The average Bonchev–Trinajstić information content (AvgIpc) is 3.23. The van der Waals surface area contributed by atoms with Crippen LogP contribution in [0.25, 0.3) is 0 Å². The van der Waals surface area contributed by atoms with E-state index in [9.17, 15) is 13.2 Å². The van der Waals surface area contributed by atoms with Gasteiger partial charge in [-0.2, -0.15) is 4.31 Å². The second kappa shape index (κ2) is 9.51. The summed E-state index contributed by atoms with van der Waals surface area (Å²) < 4.78 is 32.6. The first-order valence-corrected chi connectivity index (χ1v) is 11.6. The Morgan fingerprint density at radius 2 is 1.89 bits per heavy atom. The van der Waals surface area contributed by atoms with E-state index in [1.165, 1.54) is 15.6 Å². The van der Waals surface area contributed by atoms with Crippen LogP contribution in [-0.4, -0.2) is 62.9 Å². The number of benzene rings is 1. The fourth-order valence-corrected chi connectivity index (χ4v) is 5.53. The number of para-hydroxylation sites is 2. The molecule has 152 valence electrons. The molecule has 1 aromatic heterocycles. The lowest BCUT2D eigenvalue weighted by Crippen LogP contribution is -2.50. The first-order chi connectivity index (χ1) is 13.5. The Morgan fingerprint density at radius 1 is 1.14 bits per heavy atom. The number of nitrogens with one attached hydrogen (secondary N) is 1. The van der Waals surface area contributed by atoms with Crippen LogP contribution in [0.1, 0.15) is 13.3 Å². The molecule has 28 heavy (non-hydrogen) atoms. The Bertz CT molecular complexity index is 876. The van der Waals surface area contributed by atoms with Crippen LogP contribution in [-0.2, 0) is 14.8 Å². The van der Waals surface area contributed by atoms with E-state index in [2.05, 4.69) is 5.32 Å². The smallest absolute Gasteiger partial charge is 0.252 e. The monoisotopic (exact) mass is 423 g/mol. The van der Waals surface area contributed by atoms with Crippen molar-refractivity contribution < 1.29 is 17.9 Å². The standard InChI is InChI=1S/C19H25N3O4S2/c1-2-13-26-17-7-4-3-6-16(17)20-18(23)15-21-9-11-22(12-10-21)28(24,25)19-8-5-14-27-19/h3-8,14H,2,9-13,15H2,1H3,(H,20,23). The maximum atomic E-state index is 12.6. The Balaban J connectivity index is 1.52. The van der Waals surface area contributed by atoms with Crippen molar-refractivity contribution in [2.45, 2.75) is 17.6 Å². The molecule has 0 unspecified atom stereocenters. The third-order valence-corrected chi connectivity index (χ3v) is 7.68. The molecule has 0 radical (unpaired) electrons. The minimum Gasteiger partial charge on any atom is -0.491 e. The van der Waals surface area contributed by atoms with Crippen molar-refractivity contribution in [1.29, 1.82) is 0 Å². The van der Waals surface area contributed by atoms with Crippen LogP contribution in [0.2, 0.25) is 0 Å². The van der Waals surface area contributed by atoms with E-state index in [0.717, 1.165) is 6.42 Å². The highest BCUT2D eigenvalue weighted by Crippen LogP contribution is 2.24. The lowest BCUT2D eigenvalue weighted by molar-refractivity contribution is -0.117. The minimum atomic E-state index is -3.43. The van der Waals surface area contributed by atoms with E-state index in [-0.39, 0.29) is 12.5 Å². The third kappa shape index (κ3) is 5.11. The number of ether oxygens (including phenoxy) is 1. The summed E-state index contributed by atoms with van der Waals surface area (Å²) in [6, 6.07) is 10.7. The Labute approximate surface area is 170 Å². The van der Waals surface area contributed by atoms with E-state index in [1.54, 1.807) is 17.5 Å². The molecule has 9 heteroatoms. The lowest BCUT2D eigenvalue weighted by atomic mass is 10.3. The topological polar surface area (TPSA) is 79.0 Å². The molecular weight excluding hydrogens is 398 g/mol. The molecule has 1 aromatic carbocycles. The highest BCUT2D eigenvalue weighted by molar-refractivity contribution is 7.91. The number of anilines is 1. The molecule has 1 saturated heterocycles. The molecule has 7 nitrogen and oxygen atoms in total. The van der Waals surface area contributed by atoms with E-state index in [1.807, 2.05) is 36.1 Å². The number of nitrogens with zero attached hydrogens (tertiary/aromatic N) is 2. The van der Waals surface area contributed by atoms with Crippen LogP contribution in [0, 0.1) is 0 Å². The molecule has 0 aliphatic carbocycles. The van der Waals surface area contributed by atoms with Crippen LogP contribution in [0.4, 0.5) is 5.69 Å². The Kier molecular flexibility index (Phi) is 7.06. The largest absolute Gasteiger partial charge is 0.491 e. The van der Waals surface area contributed by atoms with E-state index < -0.39 is 10.0 Å². The van der Waals surface area contributed by atoms with Crippen molar-refractivity contribution in [3.8, 4) is 5.75 Å². The van der Waals surface area contributed by atoms with Crippen LogP contribution >= 0.6 is 11.3 Å². The predicted octanol–water partition coefficient (Wildman–Crippen LogP) is 2.48. The van der Waals surface area contributed by atoms with Crippen LogP contribution < -0.4 is 10.1 Å². The van der Waals surface area contributed by atoms with Gasteiger partial charge in [-0.05, 0) is 30.0 Å². The molecule has 2 heterocycles. The normalized spacial score (nSPS) is 16.0. The summed E-state index contributed by atoms with van der Waals surface area (Å²) in [5.41, 5.74) is 0.653. The minimum absolute atomic E-state index is 0.137. The summed E-state index contributed by atoms with van der Waals surface area (Å²) in [5.74, 6) is 0.520. The SMILES string of the molecule is CCCOc1ccccc1NC(=O)CN1CCN(S(=O)(=O)c2cccs2)CC1. The quantitative estimate of drug-likeness (QED) is 0.706. The molecule has 1 aliphatic heterocycles. The van der Waals surface area contributed by atoms with Gasteiger partial charge in [0.25, 0.3) is 10.0 Å². The number of sulfonamides is 1. The highest BCUT2D eigenvalue weighted by Gasteiger charge is 2.29. The van der Waals surface area contributed by atoms with Gasteiger partial charge in [0.05, 0.1) is 18.8 Å². The van der Waals surface area contributed by atoms with Gasteiger partial charge in [-0.3, -0.25) is 9.69 Å². The summed E-state index contributed by atoms with van der Waals surface area (Å²) in [7, 11) is -3.43. The molecule has 1 fully saturated rings. The number of amides is 1. The van der Waals surface area contributed by atoms with Gasteiger partial charge < -0.3 is 10.1 Å². The van der Waals surface area contributed by atoms with Gasteiger partial charge in [-0.25, -0.2) is 8.42 Å². The van der Waals surface area contributed by atoms with Gasteiger partial charge in [0, 0.05) is 26.2 Å². The van der Waals surface area contributed by atoms with Crippen molar-refractivity contribution in [3.63, 3.8) is 0 Å². The summed E-state index contributed by atoms with van der Waals surface area (Å²) in [4.78, 5) is 14.4. The van der Waals surface area contributed by atoms with Crippen molar-refractivity contribution >= 4 is 33.0 Å². The summed E-state index contributed by atoms with van der Waals surface area (Å²) >= 11 is 1.22. The van der Waals surface area contributed by atoms with Gasteiger partial charge in [0.1, 0.15) is 9.96 Å². The zero-order chi connectivity index (χ0) is 20.0. The molecule has 1 N–H and O–H groups in total. The van der Waals surface area contributed by atoms with E-state index in [4.69, 9.17) is 4.74 Å². The van der Waals surface area contributed by atoms with Crippen molar-refractivity contribution in [3.05, 3.63) is 41.8 Å². The zero-order valence-corrected chi connectivity index (χ0v) is 17.5. The molecule has 2 aromatic rings. The molecule has 3 rings (SSSR count). The summed E-state index contributed by atoms with van der Waals surface area (Å²) in [5, 5.41) is 4.65. The maximum absolute atomic E-state index is 12.6. The van der Waals surface area contributed by atoms with Gasteiger partial charge in [0.15, 0.2) is 0 Å². The van der Waals surface area contributed by atoms with Gasteiger partial charge in [-0.15, -0.1) is 11.3 Å².